The summed E-state index contributed by atoms with van der Waals surface area (Å²) in [5, 5.41) is 8.44. The summed E-state index contributed by atoms with van der Waals surface area (Å²) in [7, 11) is 1.30. The fraction of sp³-hybridized carbons (Fsp3) is 0.216. The zero-order chi connectivity index (χ0) is 35.8. The molecule has 4 amide bonds. The van der Waals surface area contributed by atoms with Crippen LogP contribution in [-0.4, -0.2) is 53.4 Å². The van der Waals surface area contributed by atoms with Gasteiger partial charge < -0.3 is 25.6 Å². The molecule has 0 bridgehead atoms. The first kappa shape index (κ1) is 36.6. The van der Waals surface area contributed by atoms with E-state index in [1.165, 1.54) is 37.1 Å². The van der Waals surface area contributed by atoms with E-state index in [1.54, 1.807) is 59.5 Å². The van der Waals surface area contributed by atoms with Gasteiger partial charge in [-0.15, -0.1) is 23.1 Å². The summed E-state index contributed by atoms with van der Waals surface area (Å²) in [6.07, 6.45) is 2.57. The fourth-order valence-electron chi connectivity index (χ4n) is 5.31. The second-order valence-corrected chi connectivity index (χ2v) is 14.6. The number of hydrogen-bond donors (Lipinski definition) is 3. The predicted molar refractivity (Wildman–Crippen MR) is 200 cm³/mol. The summed E-state index contributed by atoms with van der Waals surface area (Å²) in [4.78, 5) is 68.3. The highest BCUT2D eigenvalue weighted by Gasteiger charge is 2.31. The number of nitrogens with zero attached hydrogens (tertiary/aromatic N) is 1. The van der Waals surface area contributed by atoms with E-state index in [0.29, 0.717) is 53.3 Å². The average molecular weight is 776 g/mol. The van der Waals surface area contributed by atoms with Gasteiger partial charge in [-0.3, -0.25) is 19.2 Å². The van der Waals surface area contributed by atoms with Crippen LogP contribution < -0.4 is 16.0 Å². The van der Waals surface area contributed by atoms with Crippen molar-refractivity contribution in [1.82, 2.24) is 10.2 Å². The van der Waals surface area contributed by atoms with Gasteiger partial charge in [0.25, 0.3) is 11.8 Å². The minimum atomic E-state index is -0.536. The van der Waals surface area contributed by atoms with Crippen LogP contribution in [-0.2, 0) is 32.1 Å². The lowest BCUT2D eigenvalue weighted by Crippen LogP contribution is -2.34. The van der Waals surface area contributed by atoms with Gasteiger partial charge in [0.15, 0.2) is 0 Å². The largest absolute Gasteiger partial charge is 0.465 e. The maximum absolute atomic E-state index is 13.6. The molecule has 10 nitrogen and oxygen atoms in total. The van der Waals surface area contributed by atoms with Crippen LogP contribution in [0.4, 0.5) is 10.7 Å². The maximum atomic E-state index is 13.6. The number of carbonyl (C=O) groups is 5. The molecule has 5 rings (SSSR count). The fourth-order valence-corrected chi connectivity index (χ4v) is 7.99. The lowest BCUT2D eigenvalue weighted by Gasteiger charge is -2.25. The van der Waals surface area contributed by atoms with Gasteiger partial charge in [-0.1, -0.05) is 59.3 Å². The number of methoxy groups -OCH3 is 1. The summed E-state index contributed by atoms with van der Waals surface area (Å²) in [5.41, 5.74) is 2.76. The number of thiophene rings is 1. The summed E-state index contributed by atoms with van der Waals surface area (Å²) in [6.45, 7) is 4.25. The normalized spacial score (nSPS) is 13.1. The molecule has 1 unspecified atom stereocenters. The Labute approximate surface area is 306 Å². The number of carbonyl (C=O) groups excluding carboxylic acids is 5. The molecule has 3 N–H and O–H groups in total. The Balaban J connectivity index is 1.32. The molecule has 0 saturated carbocycles. The lowest BCUT2D eigenvalue weighted by molar-refractivity contribution is -0.129. The predicted octanol–water partition coefficient (Wildman–Crippen LogP) is 7.12. The van der Waals surface area contributed by atoms with Gasteiger partial charge >= 0.3 is 5.97 Å². The molecule has 0 saturated heterocycles. The van der Waals surface area contributed by atoms with E-state index in [0.717, 1.165) is 19.8 Å². The Kier molecular flexibility index (Phi) is 12.3. The topological polar surface area (TPSA) is 134 Å². The maximum Gasteiger partial charge on any atom is 0.341 e. The number of benzene rings is 3. The van der Waals surface area contributed by atoms with Crippen molar-refractivity contribution >= 4 is 85.4 Å². The number of rotatable bonds is 11. The average Bonchev–Trinajstić information content (AvgIpc) is 3.47. The summed E-state index contributed by atoms with van der Waals surface area (Å²) in [6, 6.07) is 23.1. The Morgan fingerprint density at radius 1 is 1.00 bits per heavy atom. The molecule has 0 aliphatic carbocycles. The number of nitrogens with one attached hydrogen (secondary N) is 3. The first-order chi connectivity index (χ1) is 24.1. The molecule has 1 aliphatic rings. The van der Waals surface area contributed by atoms with E-state index in [-0.39, 0.29) is 17.5 Å². The van der Waals surface area contributed by atoms with Crippen molar-refractivity contribution in [3.05, 3.63) is 116 Å². The van der Waals surface area contributed by atoms with Crippen LogP contribution in [0.3, 0.4) is 0 Å². The zero-order valence-electron chi connectivity index (χ0n) is 27.6. The molecule has 2 heterocycles. The van der Waals surface area contributed by atoms with Crippen LogP contribution >= 0.6 is 39.0 Å². The van der Waals surface area contributed by atoms with Crippen LogP contribution in [0.1, 0.15) is 57.0 Å². The van der Waals surface area contributed by atoms with E-state index in [4.69, 9.17) is 4.74 Å². The Hall–Kier alpha value is -4.72. The van der Waals surface area contributed by atoms with Gasteiger partial charge in [-0.05, 0) is 72.5 Å². The lowest BCUT2D eigenvalue weighted by atomic mass is 10.0. The molecule has 0 spiro atoms. The Morgan fingerprint density at radius 3 is 2.46 bits per heavy atom. The number of halogens is 1. The molecule has 1 atom stereocenters. The third-order valence-corrected chi connectivity index (χ3v) is 10.8. The number of hydrogen-bond acceptors (Lipinski definition) is 8. The van der Waals surface area contributed by atoms with Crippen molar-refractivity contribution < 1.29 is 28.7 Å². The van der Waals surface area contributed by atoms with E-state index < -0.39 is 23.0 Å². The molecule has 3 aromatic carbocycles. The molecule has 50 heavy (non-hydrogen) atoms. The SMILES string of the molecule is CCC(Sc1cccc(NC(=O)/C(=C\c2cccc(Br)c2)NC(=O)c2ccccc2)c1)C(=O)Nc1sc2c(c1C(=O)OC)CCN(C(C)=O)C2. The number of thioether (sulfide) groups is 1. The molecular weight excluding hydrogens is 740 g/mol. The van der Waals surface area contributed by atoms with Gasteiger partial charge in [0.2, 0.25) is 11.8 Å². The minimum Gasteiger partial charge on any atom is -0.465 e. The molecule has 1 aliphatic heterocycles. The highest BCUT2D eigenvalue weighted by atomic mass is 79.9. The van der Waals surface area contributed by atoms with E-state index in [2.05, 4.69) is 31.9 Å². The van der Waals surface area contributed by atoms with Crippen LogP contribution in [0.15, 0.2) is 93.9 Å². The quantitative estimate of drug-likeness (QED) is 0.0840. The standard InChI is InChI=1S/C37H35BrN4O6S2/c1-4-30(35(46)41-36-32(37(47)48-3)28-16-17-42(22(2)43)21-31(28)50-36)49-27-15-9-14-26(20-27)39-34(45)29(19-23-10-8-13-25(38)18-23)40-33(44)24-11-6-5-7-12-24/h5-15,18-20,30H,4,16-17,21H2,1-3H3,(H,39,45)(H,40,44)(H,41,46)/b29-19+. The molecule has 0 radical (unpaired) electrons. The summed E-state index contributed by atoms with van der Waals surface area (Å²) in [5.74, 6) is -1.83. The highest BCUT2D eigenvalue weighted by Crippen LogP contribution is 2.38. The zero-order valence-corrected chi connectivity index (χ0v) is 30.8. The molecule has 1 aromatic heterocycles. The monoisotopic (exact) mass is 774 g/mol. The van der Waals surface area contributed by atoms with E-state index in [9.17, 15) is 24.0 Å². The molecule has 258 valence electrons. The first-order valence-corrected chi connectivity index (χ1v) is 18.3. The summed E-state index contributed by atoms with van der Waals surface area (Å²) < 4.78 is 5.87. The van der Waals surface area contributed by atoms with Gasteiger partial charge in [-0.2, -0.15) is 0 Å². The second kappa shape index (κ2) is 16.8. The third kappa shape index (κ3) is 9.09. The number of ether oxygens (including phenoxy) is 1. The van der Waals surface area contributed by atoms with Gasteiger partial charge in [0, 0.05) is 39.0 Å². The number of fused-ring (bicyclic) bond motifs is 1. The highest BCUT2D eigenvalue weighted by molar-refractivity contribution is 9.10. The van der Waals surface area contributed by atoms with Gasteiger partial charge in [0.1, 0.15) is 10.7 Å². The number of esters is 1. The molecule has 0 fully saturated rings. The number of anilines is 2. The van der Waals surface area contributed by atoms with Gasteiger partial charge in [-0.25, -0.2) is 4.79 Å². The smallest absolute Gasteiger partial charge is 0.341 e. The van der Waals surface area contributed by atoms with E-state index in [1.807, 2.05) is 37.3 Å². The molecule has 4 aromatic rings. The number of amides is 4. The van der Waals surface area contributed by atoms with Crippen LogP contribution in [0.2, 0.25) is 0 Å². The van der Waals surface area contributed by atoms with Crippen LogP contribution in [0.25, 0.3) is 6.08 Å². The minimum absolute atomic E-state index is 0.0484. The van der Waals surface area contributed by atoms with Crippen molar-refractivity contribution in [2.24, 2.45) is 0 Å². The van der Waals surface area contributed by atoms with Crippen LogP contribution in [0.5, 0.6) is 0 Å². The van der Waals surface area contributed by atoms with E-state index >= 15 is 0 Å². The van der Waals surface area contributed by atoms with Crippen molar-refractivity contribution in [3.8, 4) is 0 Å². The van der Waals surface area contributed by atoms with Crippen LogP contribution in [0, 0.1) is 0 Å². The molecular formula is C37H35BrN4O6S2. The van der Waals surface area contributed by atoms with Crippen molar-refractivity contribution in [3.63, 3.8) is 0 Å². The third-order valence-electron chi connectivity index (χ3n) is 7.85. The summed E-state index contributed by atoms with van der Waals surface area (Å²) >= 11 is 6.05. The van der Waals surface area contributed by atoms with Crippen molar-refractivity contribution in [2.75, 3.05) is 24.3 Å². The molecule has 13 heteroatoms. The van der Waals surface area contributed by atoms with Gasteiger partial charge in [0.05, 0.1) is 24.5 Å². The van der Waals surface area contributed by atoms with Crippen molar-refractivity contribution in [1.29, 1.82) is 0 Å². The Morgan fingerprint density at radius 2 is 1.76 bits per heavy atom. The first-order valence-electron chi connectivity index (χ1n) is 15.8. The van der Waals surface area contributed by atoms with Crippen molar-refractivity contribution in [2.45, 2.75) is 43.4 Å². The Bertz CT molecular complexity index is 1960. The second-order valence-electron chi connectivity index (χ2n) is 11.3.